The Balaban J connectivity index is 1.58. The summed E-state index contributed by atoms with van der Waals surface area (Å²) in [6.07, 6.45) is 1.57. The molecule has 6 nitrogen and oxygen atoms in total. The van der Waals surface area contributed by atoms with Gasteiger partial charge in [0, 0.05) is 5.69 Å². The van der Waals surface area contributed by atoms with Crippen molar-refractivity contribution in [1.29, 1.82) is 0 Å². The maximum absolute atomic E-state index is 13.0. The summed E-state index contributed by atoms with van der Waals surface area (Å²) in [6, 6.07) is 16.6. The zero-order chi connectivity index (χ0) is 21.1. The van der Waals surface area contributed by atoms with E-state index in [0.717, 1.165) is 11.3 Å². The van der Waals surface area contributed by atoms with Crippen molar-refractivity contribution in [2.45, 2.75) is 25.5 Å². The molecule has 0 aliphatic carbocycles. The number of fused-ring (bicyclic) bond motifs is 1. The number of amides is 1. The van der Waals surface area contributed by atoms with E-state index in [-0.39, 0.29) is 23.8 Å². The first kappa shape index (κ1) is 20.0. The van der Waals surface area contributed by atoms with E-state index in [4.69, 9.17) is 4.42 Å². The minimum atomic E-state index is -0.158. The zero-order valence-corrected chi connectivity index (χ0v) is 17.5. The molecule has 7 heteroatoms. The second-order valence-electron chi connectivity index (χ2n) is 7.02. The Morgan fingerprint density at radius 3 is 2.70 bits per heavy atom. The van der Waals surface area contributed by atoms with Gasteiger partial charge in [-0.05, 0) is 61.4 Å². The lowest BCUT2D eigenvalue weighted by Crippen LogP contribution is -2.24. The van der Waals surface area contributed by atoms with Gasteiger partial charge in [0.25, 0.3) is 5.56 Å². The molecule has 0 aliphatic heterocycles. The minimum absolute atomic E-state index is 0.135. The van der Waals surface area contributed by atoms with Gasteiger partial charge in [-0.25, -0.2) is 4.98 Å². The number of hydrogen-bond acceptors (Lipinski definition) is 5. The summed E-state index contributed by atoms with van der Waals surface area (Å²) in [5.74, 6) is 0.626. The molecule has 0 radical (unpaired) electrons. The SMILES string of the molecule is Cc1ccc(NC(=O)CSc2nc3ccccc3c(=O)n2Cc2ccco2)cc1C. The molecule has 2 heterocycles. The van der Waals surface area contributed by atoms with Gasteiger partial charge in [0.1, 0.15) is 5.76 Å². The van der Waals surface area contributed by atoms with Crippen LogP contribution in [0.25, 0.3) is 10.9 Å². The molecular weight excluding hydrogens is 398 g/mol. The summed E-state index contributed by atoms with van der Waals surface area (Å²) in [7, 11) is 0. The van der Waals surface area contributed by atoms with Crippen molar-refractivity contribution in [3.05, 3.63) is 88.1 Å². The summed E-state index contributed by atoms with van der Waals surface area (Å²) in [5.41, 5.74) is 3.49. The first-order valence-electron chi connectivity index (χ1n) is 9.53. The molecule has 0 fully saturated rings. The number of hydrogen-bond donors (Lipinski definition) is 1. The van der Waals surface area contributed by atoms with Crippen LogP contribution in [0, 0.1) is 13.8 Å². The summed E-state index contributed by atoms with van der Waals surface area (Å²) in [5, 5.41) is 3.92. The van der Waals surface area contributed by atoms with E-state index < -0.39 is 0 Å². The average molecular weight is 420 g/mol. The van der Waals surface area contributed by atoms with Gasteiger partial charge >= 0.3 is 0 Å². The third-order valence-corrected chi connectivity index (χ3v) is 5.82. The van der Waals surface area contributed by atoms with Crippen molar-refractivity contribution in [3.63, 3.8) is 0 Å². The topological polar surface area (TPSA) is 77.1 Å². The molecule has 0 aliphatic rings. The minimum Gasteiger partial charge on any atom is -0.467 e. The number of para-hydroxylation sites is 1. The molecule has 1 amide bonds. The average Bonchev–Trinajstić information content (AvgIpc) is 3.25. The molecule has 0 unspecified atom stereocenters. The van der Waals surface area contributed by atoms with Crippen molar-refractivity contribution < 1.29 is 9.21 Å². The first-order chi connectivity index (χ1) is 14.5. The number of thioether (sulfide) groups is 1. The van der Waals surface area contributed by atoms with E-state index in [1.54, 1.807) is 29.0 Å². The van der Waals surface area contributed by atoms with Crippen LogP contribution >= 0.6 is 11.8 Å². The Morgan fingerprint density at radius 1 is 1.10 bits per heavy atom. The van der Waals surface area contributed by atoms with E-state index >= 15 is 0 Å². The highest BCUT2D eigenvalue weighted by molar-refractivity contribution is 7.99. The molecule has 0 saturated carbocycles. The lowest BCUT2D eigenvalue weighted by molar-refractivity contribution is -0.113. The largest absolute Gasteiger partial charge is 0.467 e. The van der Waals surface area contributed by atoms with Gasteiger partial charge in [-0.1, -0.05) is 30.0 Å². The van der Waals surface area contributed by atoms with Gasteiger partial charge in [0.05, 0.1) is 29.5 Å². The van der Waals surface area contributed by atoms with Crippen molar-refractivity contribution in [2.75, 3.05) is 11.1 Å². The van der Waals surface area contributed by atoms with E-state index in [1.165, 1.54) is 17.3 Å². The van der Waals surface area contributed by atoms with Crippen LogP contribution in [0.4, 0.5) is 5.69 Å². The third kappa shape index (κ3) is 4.31. The monoisotopic (exact) mass is 419 g/mol. The van der Waals surface area contributed by atoms with Gasteiger partial charge in [-0.2, -0.15) is 0 Å². The van der Waals surface area contributed by atoms with E-state index in [9.17, 15) is 9.59 Å². The fourth-order valence-electron chi connectivity index (χ4n) is 3.10. The van der Waals surface area contributed by atoms with Crippen LogP contribution in [0.15, 0.2) is 75.2 Å². The van der Waals surface area contributed by atoms with Crippen LogP contribution in [0.2, 0.25) is 0 Å². The Morgan fingerprint density at radius 2 is 1.93 bits per heavy atom. The molecule has 30 heavy (non-hydrogen) atoms. The van der Waals surface area contributed by atoms with E-state index in [2.05, 4.69) is 10.3 Å². The highest BCUT2D eigenvalue weighted by Gasteiger charge is 2.15. The Hall–Kier alpha value is -3.32. The maximum atomic E-state index is 13.0. The molecule has 0 spiro atoms. The van der Waals surface area contributed by atoms with Gasteiger partial charge in [-0.15, -0.1) is 0 Å². The van der Waals surface area contributed by atoms with Crippen LogP contribution in [0.5, 0.6) is 0 Å². The quantitative estimate of drug-likeness (QED) is 0.371. The number of furan rings is 1. The molecule has 0 atom stereocenters. The fourth-order valence-corrected chi connectivity index (χ4v) is 3.90. The number of aromatic nitrogens is 2. The fraction of sp³-hybridized carbons (Fsp3) is 0.174. The molecule has 2 aromatic heterocycles. The number of nitrogens with zero attached hydrogens (tertiary/aromatic N) is 2. The van der Waals surface area contributed by atoms with Crippen LogP contribution in [0.1, 0.15) is 16.9 Å². The van der Waals surface area contributed by atoms with Crippen LogP contribution in [-0.4, -0.2) is 21.2 Å². The number of carbonyl (C=O) groups is 1. The number of rotatable bonds is 6. The second kappa shape index (κ2) is 8.59. The Labute approximate surface area is 177 Å². The third-order valence-electron chi connectivity index (χ3n) is 4.84. The first-order valence-corrected chi connectivity index (χ1v) is 10.5. The standard InChI is InChI=1S/C23H21N3O3S/c1-15-9-10-17(12-16(15)2)24-21(27)14-30-23-25-20-8-4-3-7-19(20)22(28)26(23)13-18-6-5-11-29-18/h3-12H,13-14H2,1-2H3,(H,24,27). The molecular formula is C23H21N3O3S. The molecule has 2 aromatic carbocycles. The maximum Gasteiger partial charge on any atom is 0.262 e. The molecule has 4 aromatic rings. The summed E-state index contributed by atoms with van der Waals surface area (Å²) >= 11 is 1.23. The molecule has 1 N–H and O–H groups in total. The van der Waals surface area contributed by atoms with Crippen LogP contribution in [0.3, 0.4) is 0 Å². The van der Waals surface area contributed by atoms with E-state index in [1.807, 2.05) is 50.2 Å². The van der Waals surface area contributed by atoms with Crippen molar-refractivity contribution in [3.8, 4) is 0 Å². The highest BCUT2D eigenvalue weighted by atomic mass is 32.2. The normalized spacial score (nSPS) is 11.0. The lowest BCUT2D eigenvalue weighted by Gasteiger charge is -2.12. The number of anilines is 1. The number of benzene rings is 2. The Bertz CT molecular complexity index is 1260. The van der Waals surface area contributed by atoms with E-state index in [0.29, 0.717) is 21.8 Å². The van der Waals surface area contributed by atoms with Crippen molar-refractivity contribution >= 4 is 34.3 Å². The smallest absolute Gasteiger partial charge is 0.262 e. The summed E-state index contributed by atoms with van der Waals surface area (Å²) in [4.78, 5) is 30.2. The molecule has 0 bridgehead atoms. The number of carbonyl (C=O) groups excluding carboxylic acids is 1. The van der Waals surface area contributed by atoms with Gasteiger partial charge in [0.15, 0.2) is 5.16 Å². The van der Waals surface area contributed by atoms with Gasteiger partial charge in [0.2, 0.25) is 5.91 Å². The number of nitrogens with one attached hydrogen (secondary N) is 1. The molecule has 4 rings (SSSR count). The molecule has 0 saturated heterocycles. The predicted molar refractivity (Wildman–Crippen MR) is 119 cm³/mol. The lowest BCUT2D eigenvalue weighted by atomic mass is 10.1. The number of aryl methyl sites for hydroxylation is 2. The van der Waals surface area contributed by atoms with Crippen LogP contribution < -0.4 is 10.9 Å². The highest BCUT2D eigenvalue weighted by Crippen LogP contribution is 2.20. The van der Waals surface area contributed by atoms with Crippen molar-refractivity contribution in [2.24, 2.45) is 0 Å². The zero-order valence-electron chi connectivity index (χ0n) is 16.7. The predicted octanol–water partition coefficient (Wildman–Crippen LogP) is 4.39. The summed E-state index contributed by atoms with van der Waals surface area (Å²) < 4.78 is 6.96. The van der Waals surface area contributed by atoms with Crippen molar-refractivity contribution in [1.82, 2.24) is 9.55 Å². The Kier molecular flexibility index (Phi) is 5.72. The second-order valence-corrected chi connectivity index (χ2v) is 7.96. The van der Waals surface area contributed by atoms with Crippen LogP contribution in [-0.2, 0) is 11.3 Å². The summed E-state index contributed by atoms with van der Waals surface area (Å²) in [6.45, 7) is 4.29. The molecule has 152 valence electrons. The van der Waals surface area contributed by atoms with Gasteiger partial charge in [-0.3, -0.25) is 14.2 Å². The van der Waals surface area contributed by atoms with Gasteiger partial charge < -0.3 is 9.73 Å².